The van der Waals surface area contributed by atoms with Crippen molar-refractivity contribution in [2.75, 3.05) is 0 Å². The molecule has 0 atom stereocenters. The van der Waals surface area contributed by atoms with E-state index in [0.717, 1.165) is 12.3 Å². The predicted octanol–water partition coefficient (Wildman–Crippen LogP) is 5.94. The van der Waals surface area contributed by atoms with Gasteiger partial charge in [-0.1, -0.05) is 61.4 Å². The number of hydrogen-bond acceptors (Lipinski definition) is 1. The van der Waals surface area contributed by atoms with E-state index in [1.165, 1.54) is 48.1 Å². The van der Waals surface area contributed by atoms with Crippen molar-refractivity contribution >= 4 is 5.57 Å². The number of benzene rings is 1. The maximum absolute atomic E-state index is 4.57. The molecule has 1 heteroatoms. The monoisotopic (exact) mass is 303 g/mol. The van der Waals surface area contributed by atoms with E-state index in [1.807, 2.05) is 6.20 Å². The number of rotatable bonds is 5. The summed E-state index contributed by atoms with van der Waals surface area (Å²) in [6.07, 6.45) is 14.9. The van der Waals surface area contributed by atoms with Crippen LogP contribution in [0.1, 0.15) is 55.3 Å². The van der Waals surface area contributed by atoms with Gasteiger partial charge in [0.2, 0.25) is 0 Å². The third-order valence-corrected chi connectivity index (χ3v) is 4.65. The highest BCUT2D eigenvalue weighted by Crippen LogP contribution is 2.34. The summed E-state index contributed by atoms with van der Waals surface area (Å²) in [6, 6.07) is 15.1. The lowest BCUT2D eigenvalue weighted by Gasteiger charge is -2.10. The van der Waals surface area contributed by atoms with Crippen molar-refractivity contribution in [1.29, 1.82) is 0 Å². The summed E-state index contributed by atoms with van der Waals surface area (Å²) >= 11 is 0. The van der Waals surface area contributed by atoms with Crippen LogP contribution in [0.2, 0.25) is 0 Å². The molecule has 0 bridgehead atoms. The Labute approximate surface area is 139 Å². The number of aromatic nitrogens is 1. The number of hydrogen-bond donors (Lipinski definition) is 0. The van der Waals surface area contributed by atoms with E-state index in [9.17, 15) is 0 Å². The topological polar surface area (TPSA) is 12.9 Å². The third-order valence-electron chi connectivity index (χ3n) is 4.65. The van der Waals surface area contributed by atoms with Crippen molar-refractivity contribution in [2.24, 2.45) is 0 Å². The molecule has 1 aromatic heterocycles. The van der Waals surface area contributed by atoms with Crippen LogP contribution in [-0.2, 0) is 6.42 Å². The molecule has 0 radical (unpaired) electrons. The number of nitrogens with zero attached hydrogens (tertiary/aromatic N) is 1. The van der Waals surface area contributed by atoms with E-state index in [4.69, 9.17) is 0 Å². The second kappa shape index (κ2) is 7.92. The zero-order chi connectivity index (χ0) is 15.9. The van der Waals surface area contributed by atoms with Gasteiger partial charge in [-0.15, -0.1) is 0 Å². The minimum atomic E-state index is 0.755. The fourth-order valence-electron chi connectivity index (χ4n) is 3.43. The Balaban J connectivity index is 1.78. The molecule has 3 rings (SSSR count). The van der Waals surface area contributed by atoms with Crippen LogP contribution in [0, 0.1) is 0 Å². The normalized spacial score (nSPS) is 16.3. The van der Waals surface area contributed by atoms with Gasteiger partial charge in [-0.2, -0.15) is 0 Å². The summed E-state index contributed by atoms with van der Waals surface area (Å²) in [5.74, 6) is 0.755. The summed E-state index contributed by atoms with van der Waals surface area (Å²) in [5, 5.41) is 0. The van der Waals surface area contributed by atoms with Gasteiger partial charge in [0.1, 0.15) is 0 Å². The first-order chi connectivity index (χ1) is 11.4. The molecular weight excluding hydrogens is 278 g/mol. The zero-order valence-electron chi connectivity index (χ0n) is 13.9. The van der Waals surface area contributed by atoms with Crippen LogP contribution in [0.5, 0.6) is 0 Å². The van der Waals surface area contributed by atoms with E-state index in [-0.39, 0.29) is 0 Å². The van der Waals surface area contributed by atoms with Gasteiger partial charge in [-0.3, -0.25) is 4.98 Å². The van der Waals surface area contributed by atoms with Gasteiger partial charge in [0, 0.05) is 18.3 Å². The number of pyridine rings is 1. The Morgan fingerprint density at radius 3 is 2.65 bits per heavy atom. The Morgan fingerprint density at radius 1 is 1.13 bits per heavy atom. The maximum atomic E-state index is 4.57. The first-order valence-corrected chi connectivity index (χ1v) is 8.70. The molecule has 118 valence electrons. The van der Waals surface area contributed by atoms with E-state index < -0.39 is 0 Å². The molecule has 1 saturated carbocycles. The van der Waals surface area contributed by atoms with Gasteiger partial charge in [0.25, 0.3) is 0 Å². The van der Waals surface area contributed by atoms with Crippen molar-refractivity contribution in [2.45, 2.75) is 44.9 Å². The van der Waals surface area contributed by atoms with Crippen LogP contribution >= 0.6 is 0 Å². The molecule has 1 aromatic carbocycles. The fraction of sp³-hybridized carbons (Fsp3) is 0.318. The second-order valence-corrected chi connectivity index (χ2v) is 6.29. The lowest BCUT2D eigenvalue weighted by Crippen LogP contribution is -1.96. The van der Waals surface area contributed by atoms with Crippen molar-refractivity contribution < 1.29 is 0 Å². The predicted molar refractivity (Wildman–Crippen MR) is 98.4 cm³/mol. The molecule has 0 unspecified atom stereocenters. The van der Waals surface area contributed by atoms with Gasteiger partial charge in [-0.05, 0) is 54.5 Å². The van der Waals surface area contributed by atoms with Crippen molar-refractivity contribution in [3.8, 4) is 0 Å². The lowest BCUT2D eigenvalue weighted by molar-refractivity contribution is 0.720. The largest absolute Gasteiger partial charge is 0.261 e. The Hall–Kier alpha value is -2.15. The van der Waals surface area contributed by atoms with Gasteiger partial charge >= 0.3 is 0 Å². The van der Waals surface area contributed by atoms with Gasteiger partial charge in [0.05, 0.1) is 0 Å². The van der Waals surface area contributed by atoms with Gasteiger partial charge < -0.3 is 0 Å². The summed E-state index contributed by atoms with van der Waals surface area (Å²) < 4.78 is 0. The first kappa shape index (κ1) is 15.7. The van der Waals surface area contributed by atoms with Crippen LogP contribution < -0.4 is 0 Å². The van der Waals surface area contributed by atoms with Crippen LogP contribution in [0.3, 0.4) is 0 Å². The molecular formula is C22H25N. The van der Waals surface area contributed by atoms with E-state index in [0.29, 0.717) is 0 Å². The highest BCUT2D eigenvalue weighted by Gasteiger charge is 2.17. The molecule has 0 N–H and O–H groups in total. The van der Waals surface area contributed by atoms with E-state index in [1.54, 1.807) is 0 Å². The summed E-state index contributed by atoms with van der Waals surface area (Å²) in [5.41, 5.74) is 5.18. The third kappa shape index (κ3) is 4.19. The van der Waals surface area contributed by atoms with Crippen LogP contribution in [0.15, 0.2) is 66.9 Å². The molecule has 1 aliphatic carbocycles. The number of allylic oxidation sites excluding steroid dienone is 4. The Bertz CT molecular complexity index is 676. The first-order valence-electron chi connectivity index (χ1n) is 8.70. The minimum Gasteiger partial charge on any atom is -0.261 e. The smallest absolute Gasteiger partial charge is 0.0444 e. The summed E-state index contributed by atoms with van der Waals surface area (Å²) in [6.45, 7) is 2.07. The molecule has 1 nitrogen and oxygen atoms in total. The summed E-state index contributed by atoms with van der Waals surface area (Å²) in [7, 11) is 0. The van der Waals surface area contributed by atoms with Crippen LogP contribution in [0.4, 0.5) is 0 Å². The van der Waals surface area contributed by atoms with Crippen molar-refractivity contribution in [3.05, 3.63) is 83.7 Å². The molecule has 1 fully saturated rings. The molecule has 0 saturated heterocycles. The van der Waals surface area contributed by atoms with E-state index in [2.05, 4.69) is 72.6 Å². The molecule has 23 heavy (non-hydrogen) atoms. The quantitative estimate of drug-likeness (QED) is 0.623. The van der Waals surface area contributed by atoms with Crippen molar-refractivity contribution in [1.82, 2.24) is 4.98 Å². The minimum absolute atomic E-state index is 0.755. The maximum Gasteiger partial charge on any atom is 0.0444 e. The van der Waals surface area contributed by atoms with Crippen molar-refractivity contribution in [3.63, 3.8) is 0 Å². The SMILES string of the molecule is C/C=C\C(=C/Cc1cc(C2CCCC2)ccn1)c1ccccc1. The lowest BCUT2D eigenvalue weighted by atomic mass is 9.97. The highest BCUT2D eigenvalue weighted by molar-refractivity contribution is 5.73. The molecule has 0 amide bonds. The molecule has 1 aliphatic rings. The average molecular weight is 303 g/mol. The second-order valence-electron chi connectivity index (χ2n) is 6.29. The summed E-state index contributed by atoms with van der Waals surface area (Å²) in [4.78, 5) is 4.57. The Kier molecular flexibility index (Phi) is 5.42. The average Bonchev–Trinajstić information content (AvgIpc) is 3.14. The standard InChI is InChI=1S/C22H25N/c1-2-8-18(19-9-4-3-5-10-19)13-14-22-17-21(15-16-23-22)20-11-6-7-12-20/h2-5,8-10,13,15-17,20H,6-7,11-12,14H2,1H3/b8-2-,18-13+. The van der Waals surface area contributed by atoms with Crippen LogP contribution in [0.25, 0.3) is 5.57 Å². The fourth-order valence-corrected chi connectivity index (χ4v) is 3.43. The van der Waals surface area contributed by atoms with Gasteiger partial charge in [0.15, 0.2) is 0 Å². The molecule has 2 aromatic rings. The van der Waals surface area contributed by atoms with Crippen LogP contribution in [-0.4, -0.2) is 4.98 Å². The van der Waals surface area contributed by atoms with Gasteiger partial charge in [-0.25, -0.2) is 0 Å². The highest BCUT2D eigenvalue weighted by atomic mass is 14.7. The van der Waals surface area contributed by atoms with E-state index >= 15 is 0 Å². The molecule has 1 heterocycles. The Morgan fingerprint density at radius 2 is 1.91 bits per heavy atom. The molecule has 0 spiro atoms. The zero-order valence-corrected chi connectivity index (χ0v) is 13.9. The molecule has 0 aliphatic heterocycles.